The lowest BCUT2D eigenvalue weighted by Crippen LogP contribution is -2.28. The summed E-state index contributed by atoms with van der Waals surface area (Å²) in [5.74, 6) is -1.06. The van der Waals surface area contributed by atoms with Crippen molar-refractivity contribution in [2.24, 2.45) is 0 Å². The average Bonchev–Trinajstić information content (AvgIpc) is 2.24. The highest BCUT2D eigenvalue weighted by Gasteiger charge is 2.11. The van der Waals surface area contributed by atoms with Crippen LogP contribution < -0.4 is 5.32 Å². The SMILES string of the molecule is CNC(CCCS(C)(=O)=O)Cc1cc(F)cc(F)c1. The number of benzene rings is 1. The summed E-state index contributed by atoms with van der Waals surface area (Å²) in [6, 6.07) is 3.43. The molecule has 0 aromatic heterocycles. The van der Waals surface area contributed by atoms with E-state index in [0.29, 0.717) is 24.8 Å². The molecule has 0 saturated carbocycles. The highest BCUT2D eigenvalue weighted by Crippen LogP contribution is 2.12. The minimum Gasteiger partial charge on any atom is -0.317 e. The minimum atomic E-state index is -2.96. The van der Waals surface area contributed by atoms with Gasteiger partial charge in [-0.05, 0) is 44.0 Å². The van der Waals surface area contributed by atoms with Gasteiger partial charge in [0.1, 0.15) is 21.5 Å². The van der Waals surface area contributed by atoms with Gasteiger partial charge in [-0.1, -0.05) is 0 Å². The van der Waals surface area contributed by atoms with Gasteiger partial charge in [0.15, 0.2) is 0 Å². The molecule has 0 radical (unpaired) electrons. The second-order valence-electron chi connectivity index (χ2n) is 4.74. The Balaban J connectivity index is 2.56. The number of rotatable bonds is 7. The van der Waals surface area contributed by atoms with Gasteiger partial charge < -0.3 is 5.32 Å². The van der Waals surface area contributed by atoms with Gasteiger partial charge in [0, 0.05) is 24.1 Å². The molecule has 3 nitrogen and oxygen atoms in total. The number of likely N-dealkylation sites (N-methyl/N-ethyl adjacent to an activating group) is 1. The molecule has 0 heterocycles. The topological polar surface area (TPSA) is 46.2 Å². The summed E-state index contributed by atoms with van der Waals surface area (Å²) in [6.45, 7) is 0. The first-order valence-electron chi connectivity index (χ1n) is 6.10. The van der Waals surface area contributed by atoms with Crippen molar-refractivity contribution in [2.75, 3.05) is 19.1 Å². The summed E-state index contributed by atoms with van der Waals surface area (Å²) in [4.78, 5) is 0. The first-order valence-corrected chi connectivity index (χ1v) is 8.16. The second-order valence-corrected chi connectivity index (χ2v) is 7.00. The van der Waals surface area contributed by atoms with Crippen LogP contribution in [0.1, 0.15) is 18.4 Å². The number of hydrogen-bond donors (Lipinski definition) is 1. The van der Waals surface area contributed by atoms with Crippen molar-refractivity contribution in [3.05, 3.63) is 35.4 Å². The van der Waals surface area contributed by atoms with Crippen molar-refractivity contribution in [1.82, 2.24) is 5.32 Å². The summed E-state index contributed by atoms with van der Waals surface area (Å²) in [5, 5.41) is 3.04. The number of nitrogens with one attached hydrogen (secondary N) is 1. The number of halogens is 2. The van der Waals surface area contributed by atoms with Crippen molar-refractivity contribution in [3.8, 4) is 0 Å². The molecule has 1 unspecified atom stereocenters. The Labute approximate surface area is 112 Å². The summed E-state index contributed by atoms with van der Waals surface area (Å²) in [6.07, 6.45) is 2.84. The van der Waals surface area contributed by atoms with Gasteiger partial charge in [0.25, 0.3) is 0 Å². The summed E-state index contributed by atoms with van der Waals surface area (Å²) < 4.78 is 48.2. The van der Waals surface area contributed by atoms with Crippen LogP contribution in [0, 0.1) is 11.6 Å². The fourth-order valence-corrected chi connectivity index (χ4v) is 2.64. The Bertz CT molecular complexity index is 497. The van der Waals surface area contributed by atoms with Crippen LogP contribution in [0.15, 0.2) is 18.2 Å². The van der Waals surface area contributed by atoms with Gasteiger partial charge in [0.2, 0.25) is 0 Å². The third-order valence-electron chi connectivity index (χ3n) is 2.88. The van der Waals surface area contributed by atoms with E-state index >= 15 is 0 Å². The molecule has 6 heteroatoms. The zero-order valence-corrected chi connectivity index (χ0v) is 11.9. The van der Waals surface area contributed by atoms with E-state index < -0.39 is 21.5 Å². The van der Waals surface area contributed by atoms with Crippen molar-refractivity contribution in [2.45, 2.75) is 25.3 Å². The molecule has 108 valence electrons. The van der Waals surface area contributed by atoms with Gasteiger partial charge in [-0.15, -0.1) is 0 Å². The largest absolute Gasteiger partial charge is 0.317 e. The zero-order valence-electron chi connectivity index (χ0n) is 11.1. The van der Waals surface area contributed by atoms with Crippen molar-refractivity contribution in [1.29, 1.82) is 0 Å². The fourth-order valence-electron chi connectivity index (χ4n) is 1.95. The molecule has 1 aromatic rings. The van der Waals surface area contributed by atoms with Crippen molar-refractivity contribution < 1.29 is 17.2 Å². The minimum absolute atomic E-state index is 0.00273. The molecule has 0 amide bonds. The lowest BCUT2D eigenvalue weighted by molar-refractivity contribution is 0.506. The van der Waals surface area contributed by atoms with Crippen LogP contribution in [0.5, 0.6) is 0 Å². The van der Waals surface area contributed by atoms with Crippen LogP contribution in [-0.4, -0.2) is 33.5 Å². The Morgan fingerprint density at radius 2 is 1.79 bits per heavy atom. The Morgan fingerprint density at radius 3 is 2.26 bits per heavy atom. The summed E-state index contributed by atoms with van der Waals surface area (Å²) in [5.41, 5.74) is 0.566. The smallest absolute Gasteiger partial charge is 0.147 e. The molecule has 0 aliphatic carbocycles. The average molecular weight is 291 g/mol. The van der Waals surface area contributed by atoms with Gasteiger partial charge in [0.05, 0.1) is 0 Å². The van der Waals surface area contributed by atoms with Gasteiger partial charge >= 0.3 is 0 Å². The Hall–Kier alpha value is -1.01. The van der Waals surface area contributed by atoms with Crippen LogP contribution in [-0.2, 0) is 16.3 Å². The summed E-state index contributed by atoms with van der Waals surface area (Å²) >= 11 is 0. The molecule has 0 aliphatic heterocycles. The molecule has 0 aliphatic rings. The predicted molar refractivity (Wildman–Crippen MR) is 71.9 cm³/mol. The normalized spacial score (nSPS) is 13.5. The maximum atomic E-state index is 13.1. The third kappa shape index (κ3) is 6.63. The van der Waals surface area contributed by atoms with Crippen LogP contribution >= 0.6 is 0 Å². The van der Waals surface area contributed by atoms with Crippen LogP contribution in [0.3, 0.4) is 0 Å². The van der Waals surface area contributed by atoms with Crippen LogP contribution in [0.25, 0.3) is 0 Å². The maximum Gasteiger partial charge on any atom is 0.147 e. The highest BCUT2D eigenvalue weighted by atomic mass is 32.2. The molecule has 0 spiro atoms. The maximum absolute atomic E-state index is 13.1. The zero-order chi connectivity index (χ0) is 14.5. The first-order chi connectivity index (χ1) is 8.80. The van der Waals surface area contributed by atoms with E-state index in [1.54, 1.807) is 7.05 Å². The van der Waals surface area contributed by atoms with Gasteiger partial charge in [-0.2, -0.15) is 0 Å². The molecule has 1 aromatic carbocycles. The fraction of sp³-hybridized carbons (Fsp3) is 0.538. The molecular formula is C13H19F2NO2S. The van der Waals surface area contributed by atoms with Gasteiger partial charge in [-0.25, -0.2) is 17.2 Å². The quantitative estimate of drug-likeness (QED) is 0.835. The molecular weight excluding hydrogens is 272 g/mol. The van der Waals surface area contributed by atoms with E-state index in [1.165, 1.54) is 18.4 Å². The summed E-state index contributed by atoms with van der Waals surface area (Å²) in [7, 11) is -1.21. The molecule has 19 heavy (non-hydrogen) atoms. The monoisotopic (exact) mass is 291 g/mol. The first kappa shape index (κ1) is 16.0. The van der Waals surface area contributed by atoms with E-state index in [4.69, 9.17) is 0 Å². The standard InChI is InChI=1S/C13H19F2NO2S/c1-16-13(4-3-5-19(2,17)18)8-10-6-11(14)9-12(15)7-10/h6-7,9,13,16H,3-5,8H2,1-2H3. The third-order valence-corrected chi connectivity index (χ3v) is 3.91. The van der Waals surface area contributed by atoms with Crippen LogP contribution in [0.4, 0.5) is 8.78 Å². The number of sulfone groups is 1. The Kier molecular flexibility index (Phi) is 5.87. The molecule has 1 atom stereocenters. The van der Waals surface area contributed by atoms with E-state index in [0.717, 1.165) is 6.07 Å². The second kappa shape index (κ2) is 6.96. The van der Waals surface area contributed by atoms with E-state index in [9.17, 15) is 17.2 Å². The molecule has 0 bridgehead atoms. The molecule has 0 saturated heterocycles. The number of hydrogen-bond acceptors (Lipinski definition) is 3. The predicted octanol–water partition coefficient (Wildman–Crippen LogP) is 1.92. The van der Waals surface area contributed by atoms with E-state index in [1.807, 2.05) is 0 Å². The van der Waals surface area contributed by atoms with E-state index in [2.05, 4.69) is 5.32 Å². The Morgan fingerprint density at radius 1 is 1.21 bits per heavy atom. The molecule has 0 fully saturated rings. The van der Waals surface area contributed by atoms with Crippen molar-refractivity contribution >= 4 is 9.84 Å². The highest BCUT2D eigenvalue weighted by molar-refractivity contribution is 7.90. The van der Waals surface area contributed by atoms with E-state index in [-0.39, 0.29) is 11.8 Å². The van der Waals surface area contributed by atoms with Crippen LogP contribution in [0.2, 0.25) is 0 Å². The molecule has 1 N–H and O–H groups in total. The van der Waals surface area contributed by atoms with Crippen molar-refractivity contribution in [3.63, 3.8) is 0 Å². The lowest BCUT2D eigenvalue weighted by Gasteiger charge is -2.16. The lowest BCUT2D eigenvalue weighted by atomic mass is 10.0. The van der Waals surface area contributed by atoms with Gasteiger partial charge in [-0.3, -0.25) is 0 Å². The molecule has 1 rings (SSSR count).